The van der Waals surface area contributed by atoms with E-state index in [9.17, 15) is 0 Å². The minimum absolute atomic E-state index is 0.894. The summed E-state index contributed by atoms with van der Waals surface area (Å²) in [5.74, 6) is 0. The fourth-order valence-corrected chi connectivity index (χ4v) is 3.71. The van der Waals surface area contributed by atoms with Crippen LogP contribution in [0.1, 0.15) is 11.1 Å². The summed E-state index contributed by atoms with van der Waals surface area (Å²) in [7, 11) is 0. The largest absolute Gasteiger partial charge is 0.361 e. The Hall–Kier alpha value is -2.84. The van der Waals surface area contributed by atoms with Gasteiger partial charge in [-0.1, -0.05) is 66.7 Å². The van der Waals surface area contributed by atoms with Crippen LogP contribution in [0, 0.1) is 0 Å². The molecule has 1 aromatic heterocycles. The van der Waals surface area contributed by atoms with Crippen molar-refractivity contribution >= 4 is 21.7 Å². The van der Waals surface area contributed by atoms with Crippen LogP contribution in [0.3, 0.4) is 0 Å². The van der Waals surface area contributed by atoms with Crippen LogP contribution in [0.25, 0.3) is 21.7 Å². The van der Waals surface area contributed by atoms with Crippen molar-refractivity contribution < 1.29 is 0 Å². The highest BCUT2D eigenvalue weighted by Gasteiger charge is 2.09. The molecule has 0 unspecified atom stereocenters. The zero-order chi connectivity index (χ0) is 17.8. The van der Waals surface area contributed by atoms with Crippen molar-refractivity contribution in [2.24, 2.45) is 0 Å². The highest BCUT2D eigenvalue weighted by Crippen LogP contribution is 2.21. The molecule has 0 amide bonds. The first-order chi connectivity index (χ1) is 12.8. The summed E-state index contributed by atoms with van der Waals surface area (Å²) in [6, 6.07) is 23.7. The van der Waals surface area contributed by atoms with E-state index < -0.39 is 0 Å². The van der Waals surface area contributed by atoms with Crippen molar-refractivity contribution in [3.05, 3.63) is 96.7 Å². The van der Waals surface area contributed by atoms with Gasteiger partial charge >= 0.3 is 0 Å². The van der Waals surface area contributed by atoms with E-state index in [1.165, 1.54) is 32.8 Å². The molecule has 0 bridgehead atoms. The molecule has 1 heterocycles. The standard InChI is InChI=1S/C24H24N2/c1-2-15-26(16-14-20-17-25-24-13-6-5-12-23(20)24)18-21-10-7-9-19-8-3-4-11-22(19)21/h2-13,17,25H,1,14-16,18H2. The van der Waals surface area contributed by atoms with Crippen LogP contribution in [-0.2, 0) is 13.0 Å². The Bertz CT molecular complexity index is 1020. The molecular weight excluding hydrogens is 316 g/mol. The summed E-state index contributed by atoms with van der Waals surface area (Å²) in [4.78, 5) is 5.85. The third-order valence-corrected chi connectivity index (χ3v) is 5.03. The van der Waals surface area contributed by atoms with Crippen molar-refractivity contribution in [3.63, 3.8) is 0 Å². The van der Waals surface area contributed by atoms with E-state index in [2.05, 4.69) is 89.4 Å². The average Bonchev–Trinajstić information content (AvgIpc) is 3.10. The van der Waals surface area contributed by atoms with E-state index in [0.29, 0.717) is 0 Å². The van der Waals surface area contributed by atoms with E-state index in [4.69, 9.17) is 0 Å². The first kappa shape index (κ1) is 16.6. The summed E-state index contributed by atoms with van der Waals surface area (Å²) in [6.07, 6.45) is 5.18. The van der Waals surface area contributed by atoms with Crippen molar-refractivity contribution in [2.75, 3.05) is 13.1 Å². The van der Waals surface area contributed by atoms with E-state index >= 15 is 0 Å². The van der Waals surface area contributed by atoms with Crippen molar-refractivity contribution in [1.29, 1.82) is 0 Å². The molecule has 0 radical (unpaired) electrons. The summed E-state index contributed by atoms with van der Waals surface area (Å²) in [6.45, 7) is 6.80. The number of H-pyrrole nitrogens is 1. The normalized spacial score (nSPS) is 11.4. The Kier molecular flexibility index (Phi) is 4.85. The topological polar surface area (TPSA) is 19.0 Å². The molecule has 26 heavy (non-hydrogen) atoms. The van der Waals surface area contributed by atoms with Crippen LogP contribution < -0.4 is 0 Å². The van der Waals surface area contributed by atoms with Crippen LogP contribution in [0.4, 0.5) is 0 Å². The van der Waals surface area contributed by atoms with Crippen molar-refractivity contribution in [1.82, 2.24) is 9.88 Å². The molecule has 0 aliphatic heterocycles. The van der Waals surface area contributed by atoms with E-state index in [0.717, 1.165) is 26.1 Å². The van der Waals surface area contributed by atoms with Crippen LogP contribution in [-0.4, -0.2) is 23.0 Å². The lowest BCUT2D eigenvalue weighted by Gasteiger charge is -2.21. The molecular formula is C24H24N2. The lowest BCUT2D eigenvalue weighted by atomic mass is 10.0. The first-order valence-electron chi connectivity index (χ1n) is 9.20. The summed E-state index contributed by atoms with van der Waals surface area (Å²) < 4.78 is 0. The van der Waals surface area contributed by atoms with Gasteiger partial charge in [0.15, 0.2) is 0 Å². The molecule has 2 heteroatoms. The maximum atomic E-state index is 3.95. The minimum Gasteiger partial charge on any atom is -0.361 e. The van der Waals surface area contributed by atoms with Gasteiger partial charge in [0, 0.05) is 36.7 Å². The molecule has 4 aromatic rings. The maximum absolute atomic E-state index is 3.95. The zero-order valence-electron chi connectivity index (χ0n) is 15.0. The van der Waals surface area contributed by atoms with Crippen molar-refractivity contribution in [3.8, 4) is 0 Å². The van der Waals surface area contributed by atoms with E-state index in [-0.39, 0.29) is 0 Å². The van der Waals surface area contributed by atoms with E-state index in [1.54, 1.807) is 0 Å². The van der Waals surface area contributed by atoms with Gasteiger partial charge in [0.25, 0.3) is 0 Å². The highest BCUT2D eigenvalue weighted by atomic mass is 15.1. The number of nitrogens with zero attached hydrogens (tertiary/aromatic N) is 1. The molecule has 0 saturated heterocycles. The molecule has 0 aliphatic rings. The van der Waals surface area contributed by atoms with Gasteiger partial charge < -0.3 is 4.98 Å². The predicted molar refractivity (Wildman–Crippen MR) is 111 cm³/mol. The molecule has 2 nitrogen and oxygen atoms in total. The van der Waals surface area contributed by atoms with Gasteiger partial charge in [-0.15, -0.1) is 6.58 Å². The average molecular weight is 340 g/mol. The van der Waals surface area contributed by atoms with E-state index in [1.807, 2.05) is 6.08 Å². The number of fused-ring (bicyclic) bond motifs is 2. The number of benzene rings is 3. The fraction of sp³-hybridized carbons (Fsp3) is 0.167. The third kappa shape index (κ3) is 3.42. The SMILES string of the molecule is C=CCN(CCc1c[nH]c2ccccc12)Cc1cccc2ccccc12. The van der Waals surface area contributed by atoms with Crippen LogP contribution in [0.5, 0.6) is 0 Å². The Labute approximate surface area is 154 Å². The lowest BCUT2D eigenvalue weighted by molar-refractivity contribution is 0.300. The van der Waals surface area contributed by atoms with Gasteiger partial charge in [-0.3, -0.25) is 4.90 Å². The monoisotopic (exact) mass is 340 g/mol. The molecule has 1 N–H and O–H groups in total. The van der Waals surface area contributed by atoms with Crippen LogP contribution >= 0.6 is 0 Å². The van der Waals surface area contributed by atoms with Gasteiger partial charge in [0.1, 0.15) is 0 Å². The second-order valence-electron chi connectivity index (χ2n) is 6.77. The third-order valence-electron chi connectivity index (χ3n) is 5.03. The molecule has 0 atom stereocenters. The van der Waals surface area contributed by atoms with Gasteiger partial charge in [0.05, 0.1) is 0 Å². The van der Waals surface area contributed by atoms with Gasteiger partial charge in [-0.25, -0.2) is 0 Å². The number of nitrogens with one attached hydrogen (secondary N) is 1. The Morgan fingerprint density at radius 1 is 0.846 bits per heavy atom. The summed E-state index contributed by atoms with van der Waals surface area (Å²) in [5, 5.41) is 3.98. The summed E-state index contributed by atoms with van der Waals surface area (Å²) >= 11 is 0. The van der Waals surface area contributed by atoms with Gasteiger partial charge in [-0.05, 0) is 34.4 Å². The van der Waals surface area contributed by atoms with Crippen LogP contribution in [0.2, 0.25) is 0 Å². The molecule has 130 valence electrons. The summed E-state index contributed by atoms with van der Waals surface area (Å²) in [5.41, 5.74) is 3.98. The number of para-hydroxylation sites is 1. The molecule has 0 spiro atoms. The predicted octanol–water partition coefficient (Wildman–Crippen LogP) is 5.55. The van der Waals surface area contributed by atoms with Gasteiger partial charge in [-0.2, -0.15) is 0 Å². The van der Waals surface area contributed by atoms with Gasteiger partial charge in [0.2, 0.25) is 0 Å². The molecule has 0 aliphatic carbocycles. The second-order valence-corrected chi connectivity index (χ2v) is 6.77. The van der Waals surface area contributed by atoms with Crippen LogP contribution in [0.15, 0.2) is 85.6 Å². The second kappa shape index (κ2) is 7.59. The number of aromatic nitrogens is 1. The number of hydrogen-bond donors (Lipinski definition) is 1. The Balaban J connectivity index is 1.53. The Morgan fingerprint density at radius 3 is 2.50 bits per heavy atom. The lowest BCUT2D eigenvalue weighted by Crippen LogP contribution is -2.26. The smallest absolute Gasteiger partial charge is 0.0456 e. The quantitative estimate of drug-likeness (QED) is 0.437. The highest BCUT2D eigenvalue weighted by molar-refractivity contribution is 5.85. The molecule has 0 fully saturated rings. The molecule has 3 aromatic carbocycles. The first-order valence-corrected chi connectivity index (χ1v) is 9.20. The zero-order valence-corrected chi connectivity index (χ0v) is 15.0. The van der Waals surface area contributed by atoms with Crippen molar-refractivity contribution in [2.45, 2.75) is 13.0 Å². The number of rotatable bonds is 7. The Morgan fingerprint density at radius 2 is 1.62 bits per heavy atom. The minimum atomic E-state index is 0.894. The number of hydrogen-bond acceptors (Lipinski definition) is 1. The fourth-order valence-electron chi connectivity index (χ4n) is 3.71. The number of aromatic amines is 1. The molecule has 4 rings (SSSR count). The maximum Gasteiger partial charge on any atom is 0.0456 e. The molecule has 0 saturated carbocycles.